The Labute approximate surface area is 136 Å². The molecule has 1 amide bonds. The molecule has 2 aromatic rings. The van der Waals surface area contributed by atoms with Crippen molar-refractivity contribution in [2.75, 3.05) is 7.11 Å². The highest BCUT2D eigenvalue weighted by Crippen LogP contribution is 2.56. The minimum atomic E-state index is -2.92. The van der Waals surface area contributed by atoms with E-state index in [-0.39, 0.29) is 5.91 Å². The molecule has 0 fully saturated rings. The fourth-order valence-electron chi connectivity index (χ4n) is 2.53. The number of hydrogen-bond donors (Lipinski definition) is 3. The van der Waals surface area contributed by atoms with Crippen molar-refractivity contribution in [1.82, 2.24) is 5.32 Å². The molecule has 1 aliphatic heterocycles. The zero-order valence-electron chi connectivity index (χ0n) is 12.5. The zero-order valence-corrected chi connectivity index (χ0v) is 13.3. The molecule has 0 radical (unpaired) electrons. The van der Waals surface area contributed by atoms with Crippen LogP contribution in [0, 0.1) is 0 Å². The van der Waals surface area contributed by atoms with E-state index >= 15 is 0 Å². The summed E-state index contributed by atoms with van der Waals surface area (Å²) < 4.78 is 25.1. The molecule has 6 heteroatoms. The summed E-state index contributed by atoms with van der Waals surface area (Å²) in [4.78, 5) is 12.8. The van der Waals surface area contributed by atoms with Gasteiger partial charge in [-0.3, -0.25) is 13.9 Å². The lowest BCUT2D eigenvalue weighted by atomic mass is 10.1. The minimum Gasteiger partial charge on any atom is -0.496 e. The number of methoxy groups -OCH3 is 1. The molecule has 0 aliphatic carbocycles. The summed E-state index contributed by atoms with van der Waals surface area (Å²) in [5.41, 5.74) is 1.85. The lowest BCUT2D eigenvalue weighted by Gasteiger charge is -2.25. The maximum atomic E-state index is 12.4. The third-order valence-corrected chi connectivity index (χ3v) is 5.21. The maximum absolute atomic E-state index is 12.4. The van der Waals surface area contributed by atoms with Gasteiger partial charge in [-0.2, -0.15) is 0 Å². The molecule has 0 bridgehead atoms. The van der Waals surface area contributed by atoms with Crippen molar-refractivity contribution < 1.29 is 18.6 Å². The van der Waals surface area contributed by atoms with Gasteiger partial charge in [-0.1, -0.05) is 24.3 Å². The van der Waals surface area contributed by atoms with Gasteiger partial charge in [0.05, 0.1) is 12.0 Å². The summed E-state index contributed by atoms with van der Waals surface area (Å²) in [6.45, 7) is 0.326. The van der Waals surface area contributed by atoms with Crippen LogP contribution in [0.5, 0.6) is 5.75 Å². The Balaban J connectivity index is 1.81. The molecule has 0 saturated carbocycles. The van der Waals surface area contributed by atoms with Gasteiger partial charge in [-0.05, 0) is 24.3 Å². The average Bonchev–Trinajstić information content (AvgIpc) is 2.88. The Morgan fingerprint density at radius 2 is 1.96 bits per heavy atom. The molecule has 1 aliphatic rings. The first-order valence-electron chi connectivity index (χ1n) is 7.02. The molecular weight excluding hydrogens is 314 g/mol. The molecular formula is C17H17NO4S. The predicted octanol–water partition coefficient (Wildman–Crippen LogP) is 3.72. The van der Waals surface area contributed by atoms with Gasteiger partial charge in [-0.25, -0.2) is 0 Å². The molecule has 3 N–H and O–H groups in total. The highest BCUT2D eigenvalue weighted by atomic mass is 32.3. The van der Waals surface area contributed by atoms with Crippen molar-refractivity contribution in [3.05, 3.63) is 64.6 Å². The van der Waals surface area contributed by atoms with Crippen LogP contribution < -0.4 is 10.1 Å². The number of fused-ring (bicyclic) bond motifs is 1. The number of benzene rings is 2. The SMILES string of the molecule is COc1ccccc1CNC(=O)c1cccc2c1C=CS2(O)O. The second kappa shape index (κ2) is 6.08. The summed E-state index contributed by atoms with van der Waals surface area (Å²) in [5.74, 6) is 0.440. The zero-order chi connectivity index (χ0) is 16.4. The summed E-state index contributed by atoms with van der Waals surface area (Å²) in [6, 6.07) is 12.4. The van der Waals surface area contributed by atoms with E-state index in [0.717, 1.165) is 5.56 Å². The number of amides is 1. The van der Waals surface area contributed by atoms with Crippen LogP contribution in [-0.2, 0) is 6.54 Å². The van der Waals surface area contributed by atoms with Gasteiger partial charge in [0, 0.05) is 28.6 Å². The van der Waals surface area contributed by atoms with Gasteiger partial charge in [0.1, 0.15) is 5.75 Å². The van der Waals surface area contributed by atoms with Gasteiger partial charge in [-0.15, -0.1) is 10.6 Å². The van der Waals surface area contributed by atoms with Gasteiger partial charge < -0.3 is 10.1 Å². The molecule has 3 rings (SSSR count). The van der Waals surface area contributed by atoms with Crippen molar-refractivity contribution in [1.29, 1.82) is 0 Å². The van der Waals surface area contributed by atoms with Crippen LogP contribution in [0.1, 0.15) is 21.5 Å². The average molecular weight is 331 g/mol. The Morgan fingerprint density at radius 1 is 1.17 bits per heavy atom. The van der Waals surface area contributed by atoms with Crippen molar-refractivity contribution >= 4 is 22.6 Å². The lowest BCUT2D eigenvalue weighted by molar-refractivity contribution is 0.0950. The van der Waals surface area contributed by atoms with E-state index in [4.69, 9.17) is 4.74 Å². The van der Waals surface area contributed by atoms with Crippen molar-refractivity contribution in [2.24, 2.45) is 0 Å². The molecule has 0 unspecified atom stereocenters. The number of carbonyl (C=O) groups is 1. The first-order chi connectivity index (χ1) is 11.0. The Morgan fingerprint density at radius 3 is 2.74 bits per heavy atom. The van der Waals surface area contributed by atoms with Crippen LogP contribution in [0.25, 0.3) is 6.08 Å². The number of hydrogen-bond acceptors (Lipinski definition) is 4. The molecule has 0 spiro atoms. The lowest BCUT2D eigenvalue weighted by Crippen LogP contribution is -2.24. The molecule has 0 saturated heterocycles. The first kappa shape index (κ1) is 15.6. The van der Waals surface area contributed by atoms with E-state index < -0.39 is 10.6 Å². The van der Waals surface area contributed by atoms with E-state index in [1.54, 1.807) is 31.4 Å². The van der Waals surface area contributed by atoms with E-state index in [2.05, 4.69) is 5.32 Å². The Bertz CT molecular complexity index is 786. The number of nitrogens with one attached hydrogen (secondary N) is 1. The normalized spacial score (nSPS) is 15.8. The summed E-state index contributed by atoms with van der Waals surface area (Å²) >= 11 is 0. The minimum absolute atomic E-state index is 0.269. The largest absolute Gasteiger partial charge is 0.496 e. The molecule has 5 nitrogen and oxygen atoms in total. The van der Waals surface area contributed by atoms with Crippen molar-refractivity contribution in [3.8, 4) is 5.75 Å². The van der Waals surface area contributed by atoms with E-state index in [0.29, 0.717) is 28.3 Å². The molecule has 0 aromatic heterocycles. The van der Waals surface area contributed by atoms with Gasteiger partial charge in [0.25, 0.3) is 5.91 Å². The monoisotopic (exact) mass is 331 g/mol. The number of ether oxygens (including phenoxy) is 1. The highest BCUT2D eigenvalue weighted by Gasteiger charge is 2.25. The Hall–Kier alpha value is -2.28. The topological polar surface area (TPSA) is 78.8 Å². The van der Waals surface area contributed by atoms with Crippen molar-refractivity contribution in [2.45, 2.75) is 11.4 Å². The smallest absolute Gasteiger partial charge is 0.252 e. The highest BCUT2D eigenvalue weighted by molar-refractivity contribution is 8.27. The second-order valence-corrected chi connectivity index (χ2v) is 7.01. The third kappa shape index (κ3) is 2.96. The molecule has 120 valence electrons. The quantitative estimate of drug-likeness (QED) is 0.798. The van der Waals surface area contributed by atoms with Crippen molar-refractivity contribution in [3.63, 3.8) is 0 Å². The third-order valence-electron chi connectivity index (χ3n) is 3.69. The van der Waals surface area contributed by atoms with Gasteiger partial charge in [0.2, 0.25) is 0 Å². The van der Waals surface area contributed by atoms with Gasteiger partial charge >= 0.3 is 0 Å². The fourth-order valence-corrected chi connectivity index (χ4v) is 3.78. The first-order valence-corrected chi connectivity index (χ1v) is 8.63. The molecule has 0 atom stereocenters. The maximum Gasteiger partial charge on any atom is 0.252 e. The number of carbonyl (C=O) groups excluding carboxylic acids is 1. The molecule has 2 aromatic carbocycles. The predicted molar refractivity (Wildman–Crippen MR) is 90.8 cm³/mol. The van der Waals surface area contributed by atoms with E-state index in [9.17, 15) is 13.9 Å². The van der Waals surface area contributed by atoms with E-state index in [1.165, 1.54) is 5.41 Å². The molecule has 23 heavy (non-hydrogen) atoms. The standard InChI is InChI=1S/C17H17NO4S/c1-22-15-7-3-2-5-12(15)11-18-17(19)14-6-4-8-16-13(14)9-10-23(16,20)21/h2-10,20-21H,11H2,1H3,(H,18,19). The number of para-hydroxylation sites is 1. The summed E-state index contributed by atoms with van der Waals surface area (Å²) in [7, 11) is -1.34. The number of rotatable bonds is 4. The van der Waals surface area contributed by atoms with E-state index in [1.807, 2.05) is 24.3 Å². The van der Waals surface area contributed by atoms with Gasteiger partial charge in [0.15, 0.2) is 0 Å². The fraction of sp³-hybridized carbons (Fsp3) is 0.118. The van der Waals surface area contributed by atoms with Crippen LogP contribution in [0.15, 0.2) is 52.8 Å². The summed E-state index contributed by atoms with van der Waals surface area (Å²) in [5, 5.41) is 4.18. The Kier molecular flexibility index (Phi) is 4.12. The second-order valence-electron chi connectivity index (χ2n) is 5.11. The summed E-state index contributed by atoms with van der Waals surface area (Å²) in [6.07, 6.45) is 1.59. The van der Waals surface area contributed by atoms with Crippen LogP contribution in [-0.4, -0.2) is 22.1 Å². The van der Waals surface area contributed by atoms with Crippen LogP contribution in [0.4, 0.5) is 0 Å². The van der Waals surface area contributed by atoms with Crippen LogP contribution >= 0.6 is 10.6 Å². The molecule has 1 heterocycles. The van der Waals surface area contributed by atoms with Crippen LogP contribution in [0.2, 0.25) is 0 Å². The van der Waals surface area contributed by atoms with Crippen LogP contribution in [0.3, 0.4) is 0 Å².